The number of aliphatic hydroxyl groups is 6. The van der Waals surface area contributed by atoms with Crippen LogP contribution >= 0.6 is 30.4 Å². The molecule has 8 saturated carbocycles. The number of carbonyl (C=O) groups excluding carboxylic acids is 2. The molecule has 0 unspecified atom stereocenters. The lowest BCUT2D eigenvalue weighted by atomic mass is 9.43. The first kappa shape index (κ1) is 78.2. The predicted octanol–water partition coefficient (Wildman–Crippen LogP) is 10.4. The molecule has 8 aliphatic rings. The molecule has 0 bridgehead atoms. The summed E-state index contributed by atoms with van der Waals surface area (Å²) in [5, 5.41) is 63.8. The molecular weight excluding hydrogens is 1270 g/mol. The molecular formula is C64H118N2O22P4. The molecule has 24 nitrogen and oxygen atoms in total. The first-order chi connectivity index (χ1) is 42.4. The van der Waals surface area contributed by atoms with E-state index in [2.05, 4.69) is 59.1 Å². The summed E-state index contributed by atoms with van der Waals surface area (Å²) < 4.78 is 58.1. The topological polar surface area (TPSA) is 428 Å². The van der Waals surface area contributed by atoms with Crippen LogP contribution in [0.5, 0.6) is 0 Å². The van der Waals surface area contributed by atoms with E-state index in [1.807, 2.05) is 6.92 Å². The smallest absolute Gasteiger partial charge is 0.407 e. The maximum absolute atomic E-state index is 13.1. The standard InChI is InChI=1S/2C32H59NO11P2/c1-5-6-7-8-14-31(4,36)27-11-10-23-22-20-26(34)25-19-21(12-16-29(25,2)24(22)13-17-30(23,27)3)44-28(35)33-18-9-15-32(37,45(38,39)40)46(41,42)43;1-5-6-7-8-14-31(4,36)27-11-10-23-22-20-26(25-19-21(34)12-16-29(25,2)24(22)13-17-30(23,27)3)44-28(35)33-18-9-15-32(37,45(38,39)40)46(41,42)43/h2*21-27,34,36-37H,5-20H2,1-4H3,(H,33,35)(H2,38,39,40)(H2,41,42,43)/t2*21-,22-,23-,24-,25+,26-,27-,29+,30-,31-/m00/s1. The van der Waals surface area contributed by atoms with Crippen LogP contribution in [0.4, 0.5) is 9.59 Å². The van der Waals surface area contributed by atoms with Crippen LogP contribution in [0.15, 0.2) is 0 Å². The van der Waals surface area contributed by atoms with Crippen molar-refractivity contribution in [2.45, 2.75) is 294 Å². The van der Waals surface area contributed by atoms with E-state index in [4.69, 9.17) is 9.47 Å². The molecule has 20 atom stereocenters. The Balaban J connectivity index is 0.000000261. The van der Waals surface area contributed by atoms with E-state index in [9.17, 15) is 97.6 Å². The summed E-state index contributed by atoms with van der Waals surface area (Å²) in [7, 11) is -22.3. The number of fused-ring (bicyclic) bond motifs is 10. The Morgan fingerprint density at radius 1 is 0.446 bits per heavy atom. The molecule has 8 rings (SSSR count). The molecule has 92 heavy (non-hydrogen) atoms. The number of rotatable bonds is 26. The van der Waals surface area contributed by atoms with Gasteiger partial charge < -0.3 is 89.9 Å². The molecule has 0 heterocycles. The summed E-state index contributed by atoms with van der Waals surface area (Å²) in [6, 6.07) is 0. The maximum atomic E-state index is 13.1. The van der Waals surface area contributed by atoms with Gasteiger partial charge in [0.1, 0.15) is 12.2 Å². The Morgan fingerprint density at radius 3 is 1.27 bits per heavy atom. The number of nitrogens with one attached hydrogen (secondary N) is 2. The van der Waals surface area contributed by atoms with E-state index in [-0.39, 0.29) is 71.3 Å². The molecule has 0 spiro atoms. The van der Waals surface area contributed by atoms with Crippen molar-refractivity contribution in [1.82, 2.24) is 10.6 Å². The van der Waals surface area contributed by atoms with Crippen molar-refractivity contribution in [3.05, 3.63) is 0 Å². The van der Waals surface area contributed by atoms with Crippen LogP contribution in [0.3, 0.4) is 0 Å². The zero-order valence-corrected chi connectivity index (χ0v) is 59.6. The van der Waals surface area contributed by atoms with Gasteiger partial charge in [0.05, 0.1) is 23.4 Å². The Labute approximate surface area is 545 Å². The third-order valence-corrected chi connectivity index (χ3v) is 33.9. The molecule has 0 aromatic heterocycles. The van der Waals surface area contributed by atoms with Crippen LogP contribution in [0.2, 0.25) is 0 Å². The number of unbranched alkanes of at least 4 members (excludes halogenated alkanes) is 6. The summed E-state index contributed by atoms with van der Waals surface area (Å²) >= 11 is 0. The second-order valence-electron chi connectivity index (χ2n) is 31.7. The third-order valence-electron chi connectivity index (χ3n) is 26.1. The molecule has 16 N–H and O–H groups in total. The highest BCUT2D eigenvalue weighted by atomic mass is 31.2. The summed E-state index contributed by atoms with van der Waals surface area (Å²) in [6.07, 6.45) is 18.7. The molecule has 2 amide bonds. The van der Waals surface area contributed by atoms with E-state index < -0.39 is 101 Å². The molecule has 0 aliphatic heterocycles. The predicted molar refractivity (Wildman–Crippen MR) is 345 cm³/mol. The van der Waals surface area contributed by atoms with Gasteiger partial charge in [-0.25, -0.2) is 9.59 Å². The van der Waals surface area contributed by atoms with Gasteiger partial charge in [0.15, 0.2) is 0 Å². The van der Waals surface area contributed by atoms with Gasteiger partial charge in [-0.3, -0.25) is 18.3 Å². The van der Waals surface area contributed by atoms with Crippen molar-refractivity contribution in [1.29, 1.82) is 0 Å². The fourth-order valence-corrected chi connectivity index (χ4v) is 25.8. The highest BCUT2D eigenvalue weighted by molar-refractivity contribution is 7.72. The Hall–Kier alpha value is -1.10. The lowest BCUT2D eigenvalue weighted by Gasteiger charge is -2.62. The van der Waals surface area contributed by atoms with Crippen molar-refractivity contribution < 1.29 is 107 Å². The number of carbonyl (C=O) groups is 2. The lowest BCUT2D eigenvalue weighted by molar-refractivity contribution is -0.179. The van der Waals surface area contributed by atoms with Gasteiger partial charge >= 0.3 is 42.6 Å². The molecule has 0 aromatic carbocycles. The molecule has 0 radical (unpaired) electrons. The maximum Gasteiger partial charge on any atom is 0.407 e. The van der Waals surface area contributed by atoms with E-state index in [0.717, 1.165) is 116 Å². The third kappa shape index (κ3) is 16.0. The Kier molecular flexibility index (Phi) is 25.2. The minimum atomic E-state index is -5.58. The van der Waals surface area contributed by atoms with Crippen molar-refractivity contribution in [3.63, 3.8) is 0 Å². The minimum absolute atomic E-state index is 0.0197. The monoisotopic (exact) mass is 1390 g/mol. The van der Waals surface area contributed by atoms with Gasteiger partial charge in [0.25, 0.3) is 10.2 Å². The number of amides is 2. The fourth-order valence-electron chi connectivity index (χ4n) is 21.3. The van der Waals surface area contributed by atoms with Gasteiger partial charge in [0.2, 0.25) is 0 Å². The average molecular weight is 1390 g/mol. The fraction of sp³-hybridized carbons (Fsp3) is 0.969. The SMILES string of the molecule is CCCCCC[C@](C)(O)[C@H]1CC[C@H]2[C@@H]3C[C@H](O)[C@H]4C[C@@H](OC(=O)NCCCC(O)(P(=O)(O)O)P(=O)(O)O)CC[C@]4(C)[C@H]3CC[C@@]21C.CCCCCC[C@](C)(O)[C@H]1CC[C@H]2[C@@H]3C[C@H](OC(=O)NCCCC(O)(P(=O)(O)O)P(=O)(O)O)[C@H]4C[C@@H](O)CC[C@]4(C)[C@H]3CC[C@@]21C. The van der Waals surface area contributed by atoms with Crippen LogP contribution in [0.1, 0.15) is 248 Å². The van der Waals surface area contributed by atoms with Crippen molar-refractivity contribution >= 4 is 42.6 Å². The molecule has 0 aromatic rings. The number of aliphatic hydroxyl groups excluding tert-OH is 2. The number of ether oxygens (including phenoxy) is 2. The second-order valence-corrected chi connectivity index (χ2v) is 39.7. The Morgan fingerprint density at radius 2 is 0.837 bits per heavy atom. The van der Waals surface area contributed by atoms with Crippen LogP contribution in [0, 0.1) is 80.8 Å². The molecule has 28 heteroatoms. The zero-order chi connectivity index (χ0) is 68.7. The first-order valence-corrected chi connectivity index (χ1v) is 41.2. The lowest BCUT2D eigenvalue weighted by Crippen LogP contribution is -2.60. The summed E-state index contributed by atoms with van der Waals surface area (Å²) in [6.45, 7) is 17.4. The molecule has 536 valence electrons. The average Bonchev–Trinajstić information content (AvgIpc) is 1.36. The highest BCUT2D eigenvalue weighted by Crippen LogP contribution is 2.73. The summed E-state index contributed by atoms with van der Waals surface area (Å²) in [5.41, 5.74) is -1.59. The van der Waals surface area contributed by atoms with Crippen molar-refractivity contribution in [2.24, 2.45) is 80.8 Å². The Bertz CT molecular complexity index is 2660. The van der Waals surface area contributed by atoms with Crippen LogP contribution in [-0.4, -0.2) is 141 Å². The molecule has 8 aliphatic carbocycles. The molecule has 8 fully saturated rings. The number of hydrogen-bond donors (Lipinski definition) is 16. The van der Waals surface area contributed by atoms with E-state index in [0.29, 0.717) is 67.6 Å². The first-order valence-electron chi connectivity index (χ1n) is 34.8. The minimum Gasteiger partial charge on any atom is -0.446 e. The van der Waals surface area contributed by atoms with Gasteiger partial charge in [-0.2, -0.15) is 0 Å². The largest absolute Gasteiger partial charge is 0.446 e. The summed E-state index contributed by atoms with van der Waals surface area (Å²) in [4.78, 5) is 100. The van der Waals surface area contributed by atoms with Crippen molar-refractivity contribution in [3.8, 4) is 0 Å². The number of hydrogen-bond acceptors (Lipinski definition) is 14. The zero-order valence-electron chi connectivity index (χ0n) is 56.0. The van der Waals surface area contributed by atoms with Crippen molar-refractivity contribution in [2.75, 3.05) is 13.1 Å². The summed E-state index contributed by atoms with van der Waals surface area (Å²) in [5.74, 6) is 2.85. The van der Waals surface area contributed by atoms with Crippen LogP contribution < -0.4 is 10.6 Å². The second kappa shape index (κ2) is 29.6. The van der Waals surface area contributed by atoms with E-state index in [1.165, 1.54) is 19.3 Å². The van der Waals surface area contributed by atoms with Gasteiger partial charge in [-0.15, -0.1) is 0 Å². The van der Waals surface area contributed by atoms with Gasteiger partial charge in [0, 0.05) is 31.8 Å². The normalized spacial score (nSPS) is 37.8. The van der Waals surface area contributed by atoms with Crippen LogP contribution in [-0.2, 0) is 27.7 Å². The van der Waals surface area contributed by atoms with E-state index >= 15 is 0 Å². The number of alkyl carbamates (subject to hydrolysis) is 2. The van der Waals surface area contributed by atoms with Gasteiger partial charge in [-0.05, 0) is 217 Å². The van der Waals surface area contributed by atoms with E-state index in [1.54, 1.807) is 0 Å². The highest BCUT2D eigenvalue weighted by Gasteiger charge is 2.67. The molecule has 0 saturated heterocycles. The quantitative estimate of drug-likeness (QED) is 0.0283. The van der Waals surface area contributed by atoms with Crippen LogP contribution in [0.25, 0.3) is 0 Å². The van der Waals surface area contributed by atoms with Gasteiger partial charge in [-0.1, -0.05) is 92.9 Å².